The molecule has 38 heavy (non-hydrogen) atoms. The molecular weight excluding hydrogens is 523 g/mol. The van der Waals surface area contributed by atoms with Gasteiger partial charge in [-0.1, -0.05) is 53.5 Å². The van der Waals surface area contributed by atoms with Gasteiger partial charge in [-0.05, 0) is 54.4 Å². The zero-order chi connectivity index (χ0) is 26.6. The van der Waals surface area contributed by atoms with Crippen LogP contribution in [0.3, 0.4) is 0 Å². The molecule has 1 saturated heterocycles. The molecule has 1 N–H and O–H groups in total. The Morgan fingerprint density at radius 1 is 0.947 bits per heavy atom. The Balaban J connectivity index is 1.73. The van der Waals surface area contributed by atoms with Gasteiger partial charge in [0.15, 0.2) is 0 Å². The molecule has 0 aliphatic carbocycles. The SMILES string of the molecule is CCOc1cccc(OC)c1C1=N[C@H](c2ccc(Cl)cc2)[C@H](c2ccc(Cl)cc2)N1C(=O)N1CCNCC1. The van der Waals surface area contributed by atoms with Crippen LogP contribution in [-0.2, 0) is 0 Å². The quantitative estimate of drug-likeness (QED) is 0.409. The third kappa shape index (κ3) is 5.19. The van der Waals surface area contributed by atoms with Crippen LogP contribution in [0, 0.1) is 0 Å². The molecule has 0 aromatic heterocycles. The maximum absolute atomic E-state index is 14.3. The normalized spacial score (nSPS) is 19.3. The lowest BCUT2D eigenvalue weighted by Gasteiger charge is -2.36. The van der Waals surface area contributed by atoms with E-state index in [0.29, 0.717) is 52.6 Å². The number of nitrogens with zero attached hydrogens (tertiary/aromatic N) is 3. The first kappa shape index (κ1) is 26.4. The fraction of sp³-hybridized carbons (Fsp3) is 0.310. The number of amidine groups is 1. The van der Waals surface area contributed by atoms with Crippen molar-refractivity contribution >= 4 is 35.1 Å². The molecule has 0 bridgehead atoms. The van der Waals surface area contributed by atoms with E-state index in [1.54, 1.807) is 12.0 Å². The van der Waals surface area contributed by atoms with Gasteiger partial charge in [0, 0.05) is 36.2 Å². The van der Waals surface area contributed by atoms with Gasteiger partial charge in [-0.15, -0.1) is 0 Å². The summed E-state index contributed by atoms with van der Waals surface area (Å²) in [7, 11) is 1.61. The van der Waals surface area contributed by atoms with E-state index >= 15 is 0 Å². The molecule has 2 heterocycles. The molecule has 0 spiro atoms. The van der Waals surface area contributed by atoms with Crippen molar-refractivity contribution in [1.29, 1.82) is 0 Å². The fourth-order valence-electron chi connectivity index (χ4n) is 5.03. The number of carbonyl (C=O) groups is 1. The molecule has 0 saturated carbocycles. The van der Waals surface area contributed by atoms with Gasteiger partial charge < -0.3 is 19.7 Å². The third-order valence-electron chi connectivity index (χ3n) is 6.81. The van der Waals surface area contributed by atoms with Crippen molar-refractivity contribution in [2.24, 2.45) is 4.99 Å². The highest BCUT2D eigenvalue weighted by molar-refractivity contribution is 6.30. The number of benzene rings is 3. The van der Waals surface area contributed by atoms with Crippen LogP contribution >= 0.6 is 23.2 Å². The number of methoxy groups -OCH3 is 1. The lowest BCUT2D eigenvalue weighted by Crippen LogP contribution is -2.53. The third-order valence-corrected chi connectivity index (χ3v) is 7.32. The van der Waals surface area contributed by atoms with Crippen LogP contribution in [0.25, 0.3) is 0 Å². The van der Waals surface area contributed by atoms with E-state index in [1.165, 1.54) is 0 Å². The Morgan fingerprint density at radius 2 is 1.55 bits per heavy atom. The predicted molar refractivity (Wildman–Crippen MR) is 151 cm³/mol. The topological polar surface area (TPSA) is 66.4 Å². The Morgan fingerprint density at radius 3 is 2.16 bits per heavy atom. The van der Waals surface area contributed by atoms with Crippen molar-refractivity contribution < 1.29 is 14.3 Å². The van der Waals surface area contributed by atoms with E-state index in [2.05, 4.69) is 5.32 Å². The Labute approximate surface area is 233 Å². The average molecular weight is 553 g/mol. The number of nitrogens with one attached hydrogen (secondary N) is 1. The number of carbonyl (C=O) groups excluding carboxylic acids is 1. The van der Waals surface area contributed by atoms with Gasteiger partial charge in [0.25, 0.3) is 0 Å². The Hall–Kier alpha value is -3.26. The van der Waals surface area contributed by atoms with Gasteiger partial charge in [0.05, 0.1) is 19.8 Å². The molecule has 2 aliphatic rings. The second-order valence-corrected chi connectivity index (χ2v) is 9.97. The predicted octanol–water partition coefficient (Wildman–Crippen LogP) is 5.97. The van der Waals surface area contributed by atoms with E-state index in [1.807, 2.05) is 78.6 Å². The van der Waals surface area contributed by atoms with Gasteiger partial charge in [0.1, 0.15) is 28.9 Å². The van der Waals surface area contributed by atoms with Gasteiger partial charge in [-0.25, -0.2) is 4.79 Å². The summed E-state index contributed by atoms with van der Waals surface area (Å²) in [4.78, 5) is 23.2. The summed E-state index contributed by atoms with van der Waals surface area (Å²) in [6.07, 6.45) is 0. The van der Waals surface area contributed by atoms with Gasteiger partial charge >= 0.3 is 6.03 Å². The summed E-state index contributed by atoms with van der Waals surface area (Å²) in [5.74, 6) is 1.70. The molecule has 5 rings (SSSR count). The number of hydrogen-bond acceptors (Lipinski definition) is 5. The molecule has 7 nitrogen and oxygen atoms in total. The van der Waals surface area contributed by atoms with E-state index in [-0.39, 0.29) is 6.03 Å². The van der Waals surface area contributed by atoms with Crippen molar-refractivity contribution in [1.82, 2.24) is 15.1 Å². The van der Waals surface area contributed by atoms with Crippen LogP contribution in [0.4, 0.5) is 4.79 Å². The fourth-order valence-corrected chi connectivity index (χ4v) is 5.28. The number of halogens is 2. The monoisotopic (exact) mass is 552 g/mol. The molecule has 0 unspecified atom stereocenters. The Bertz CT molecular complexity index is 1310. The van der Waals surface area contributed by atoms with E-state index in [9.17, 15) is 4.79 Å². The van der Waals surface area contributed by atoms with Crippen molar-refractivity contribution in [3.8, 4) is 11.5 Å². The largest absolute Gasteiger partial charge is 0.496 e. The second kappa shape index (κ2) is 11.6. The van der Waals surface area contributed by atoms with Gasteiger partial charge in [0.2, 0.25) is 0 Å². The summed E-state index contributed by atoms with van der Waals surface area (Å²) >= 11 is 12.5. The zero-order valence-corrected chi connectivity index (χ0v) is 22.9. The first-order valence-electron chi connectivity index (χ1n) is 12.7. The number of piperazine rings is 1. The van der Waals surface area contributed by atoms with E-state index in [0.717, 1.165) is 24.2 Å². The number of amides is 2. The van der Waals surface area contributed by atoms with E-state index < -0.39 is 12.1 Å². The smallest absolute Gasteiger partial charge is 0.326 e. The highest BCUT2D eigenvalue weighted by Gasteiger charge is 2.45. The minimum atomic E-state index is -0.426. The van der Waals surface area contributed by atoms with Crippen molar-refractivity contribution in [2.45, 2.75) is 19.0 Å². The highest BCUT2D eigenvalue weighted by Crippen LogP contribution is 2.46. The summed E-state index contributed by atoms with van der Waals surface area (Å²) in [6, 6.07) is 19.9. The maximum atomic E-state index is 14.3. The first-order chi connectivity index (χ1) is 18.5. The van der Waals surface area contributed by atoms with Crippen LogP contribution < -0.4 is 14.8 Å². The van der Waals surface area contributed by atoms with Crippen molar-refractivity contribution in [3.63, 3.8) is 0 Å². The first-order valence-corrected chi connectivity index (χ1v) is 13.4. The van der Waals surface area contributed by atoms with Crippen LogP contribution in [0.1, 0.15) is 35.7 Å². The molecule has 2 amide bonds. The lowest BCUT2D eigenvalue weighted by atomic mass is 9.93. The molecule has 3 aromatic carbocycles. The number of rotatable bonds is 6. The molecule has 9 heteroatoms. The van der Waals surface area contributed by atoms with Gasteiger partial charge in [-0.2, -0.15) is 0 Å². The van der Waals surface area contributed by atoms with Crippen LogP contribution in [0.5, 0.6) is 11.5 Å². The molecular formula is C29H30Cl2N4O3. The summed E-state index contributed by atoms with van der Waals surface area (Å²) in [5.41, 5.74) is 2.51. The van der Waals surface area contributed by atoms with Gasteiger partial charge in [-0.3, -0.25) is 9.89 Å². The molecule has 3 aromatic rings. The minimum Gasteiger partial charge on any atom is -0.496 e. The molecule has 2 aliphatic heterocycles. The van der Waals surface area contributed by atoms with Crippen LogP contribution in [0.2, 0.25) is 10.0 Å². The number of urea groups is 1. The zero-order valence-electron chi connectivity index (χ0n) is 21.4. The lowest BCUT2D eigenvalue weighted by molar-refractivity contribution is 0.157. The standard InChI is InChI=1S/C29H30Cl2N4O3/c1-3-38-24-6-4-5-23(37-2)25(24)28-33-26(19-7-11-21(30)12-8-19)27(20-9-13-22(31)14-10-20)35(28)29(36)34-17-15-32-16-18-34/h4-14,26-27,32H,3,15-18H2,1-2H3/t26-,27+/m1/s1. The molecule has 0 radical (unpaired) electrons. The molecule has 1 fully saturated rings. The number of hydrogen-bond donors (Lipinski definition) is 1. The maximum Gasteiger partial charge on any atom is 0.326 e. The number of ether oxygens (including phenoxy) is 2. The minimum absolute atomic E-state index is 0.116. The van der Waals surface area contributed by atoms with Crippen LogP contribution in [0.15, 0.2) is 71.7 Å². The summed E-state index contributed by atoms with van der Waals surface area (Å²) < 4.78 is 11.8. The average Bonchev–Trinajstić information content (AvgIpc) is 3.34. The summed E-state index contributed by atoms with van der Waals surface area (Å²) in [5, 5.41) is 4.59. The van der Waals surface area contributed by atoms with Crippen molar-refractivity contribution in [3.05, 3.63) is 93.5 Å². The van der Waals surface area contributed by atoms with E-state index in [4.69, 9.17) is 37.7 Å². The van der Waals surface area contributed by atoms with Crippen LogP contribution in [-0.4, -0.2) is 61.6 Å². The summed E-state index contributed by atoms with van der Waals surface area (Å²) in [6.45, 7) is 5.06. The second-order valence-electron chi connectivity index (χ2n) is 9.10. The highest BCUT2D eigenvalue weighted by atomic mass is 35.5. The van der Waals surface area contributed by atoms with Crippen molar-refractivity contribution in [2.75, 3.05) is 39.9 Å². The molecule has 2 atom stereocenters. The number of aliphatic imine (C=N–C) groups is 1. The molecule has 198 valence electrons. The Kier molecular flexibility index (Phi) is 8.07.